The number of ether oxygens (including phenoxy) is 1. The first-order valence-electron chi connectivity index (χ1n) is 12.4. The molecule has 0 saturated heterocycles. The summed E-state index contributed by atoms with van der Waals surface area (Å²) in [5.74, 6) is -1.02. The maximum Gasteiger partial charge on any atom is 0.573 e. The van der Waals surface area contributed by atoms with Crippen LogP contribution in [0.1, 0.15) is 34.7 Å². The van der Waals surface area contributed by atoms with Crippen LogP contribution in [-0.2, 0) is 24.2 Å². The summed E-state index contributed by atoms with van der Waals surface area (Å²) in [6.07, 6.45) is 0.105. The van der Waals surface area contributed by atoms with Gasteiger partial charge in [-0.1, -0.05) is 28.9 Å². The smallest absolute Gasteiger partial charge is 0.404 e. The monoisotopic (exact) mass is 588 g/mol. The minimum absolute atomic E-state index is 0.107. The fourth-order valence-electron chi connectivity index (χ4n) is 3.83. The van der Waals surface area contributed by atoms with Gasteiger partial charge in [0.2, 0.25) is 5.91 Å². The molecule has 0 aliphatic rings. The van der Waals surface area contributed by atoms with E-state index >= 15 is 0 Å². The maximum absolute atomic E-state index is 12.9. The molecule has 1 aromatic carbocycles. The van der Waals surface area contributed by atoms with Crippen molar-refractivity contribution in [3.63, 3.8) is 0 Å². The summed E-state index contributed by atoms with van der Waals surface area (Å²) in [6.45, 7) is 0.592. The lowest BCUT2D eigenvalue weighted by atomic mass is 10.0. The molecular weight excluding hydrogens is 565 g/mol. The summed E-state index contributed by atoms with van der Waals surface area (Å²) in [5.41, 5.74) is 1.77. The third kappa shape index (κ3) is 8.45. The number of pyridine rings is 1. The van der Waals surface area contributed by atoms with Gasteiger partial charge in [-0.05, 0) is 55.2 Å². The zero-order valence-corrected chi connectivity index (χ0v) is 22.4. The molecule has 214 valence electrons. The first kappa shape index (κ1) is 29.4. The van der Waals surface area contributed by atoms with Gasteiger partial charge < -0.3 is 15.4 Å². The molecule has 4 rings (SSSR count). The molecule has 0 atom stereocenters. The molecule has 0 aliphatic carbocycles. The maximum atomic E-state index is 12.9. The molecular formula is C26H24ClF3N8O3. The molecule has 3 aromatic heterocycles. The topological polar surface area (TPSA) is 137 Å². The van der Waals surface area contributed by atoms with Gasteiger partial charge in [0.1, 0.15) is 0 Å². The standard InChI is InChI=1S/C26H24ClF3N8O3/c1-31-25(40)21-15-38(37-35-21)12-3-2-5-17-8-9-22(36-34-17)33-23(39)14-18-13-16(10-11-32-18)19-6-4-7-20(27)24(19)41-26(28,29)30/h4,6-11,13,15H,2-3,5,12,14H2,1H3,(H,31,40)(H,33,36,39). The Bertz CT molecular complexity index is 1510. The minimum Gasteiger partial charge on any atom is -0.404 e. The quantitative estimate of drug-likeness (QED) is 0.248. The van der Waals surface area contributed by atoms with Gasteiger partial charge >= 0.3 is 6.36 Å². The number of aromatic nitrogens is 6. The van der Waals surface area contributed by atoms with E-state index in [1.807, 2.05) is 0 Å². The van der Waals surface area contributed by atoms with Gasteiger partial charge in [-0.15, -0.1) is 23.4 Å². The molecule has 0 bridgehead atoms. The fourth-order valence-corrected chi connectivity index (χ4v) is 4.04. The van der Waals surface area contributed by atoms with Crippen LogP contribution in [0.25, 0.3) is 11.1 Å². The van der Waals surface area contributed by atoms with Crippen LogP contribution in [0.2, 0.25) is 5.02 Å². The van der Waals surface area contributed by atoms with Crippen molar-refractivity contribution in [1.29, 1.82) is 0 Å². The van der Waals surface area contributed by atoms with Gasteiger partial charge in [-0.2, -0.15) is 5.10 Å². The average molecular weight is 589 g/mol. The van der Waals surface area contributed by atoms with E-state index in [9.17, 15) is 22.8 Å². The Morgan fingerprint density at radius 1 is 1.05 bits per heavy atom. The summed E-state index contributed by atoms with van der Waals surface area (Å²) < 4.78 is 44.4. The Morgan fingerprint density at radius 3 is 2.61 bits per heavy atom. The van der Waals surface area contributed by atoms with Crippen LogP contribution in [0.5, 0.6) is 5.75 Å². The number of nitrogens with one attached hydrogen (secondary N) is 2. The van der Waals surface area contributed by atoms with Crippen molar-refractivity contribution >= 4 is 29.2 Å². The highest BCUT2D eigenvalue weighted by Gasteiger charge is 2.33. The van der Waals surface area contributed by atoms with Crippen molar-refractivity contribution in [1.82, 2.24) is 35.5 Å². The number of halogens is 4. The van der Waals surface area contributed by atoms with Crippen LogP contribution >= 0.6 is 11.6 Å². The third-order valence-electron chi connectivity index (χ3n) is 5.71. The van der Waals surface area contributed by atoms with Crippen LogP contribution < -0.4 is 15.4 Å². The number of alkyl halides is 3. The van der Waals surface area contributed by atoms with E-state index in [1.54, 1.807) is 23.0 Å². The van der Waals surface area contributed by atoms with E-state index in [4.69, 9.17) is 11.6 Å². The Hall–Kier alpha value is -4.59. The van der Waals surface area contributed by atoms with Gasteiger partial charge in [0.15, 0.2) is 17.3 Å². The lowest BCUT2D eigenvalue weighted by Crippen LogP contribution is -2.18. The molecule has 0 radical (unpaired) electrons. The molecule has 0 saturated carbocycles. The molecule has 41 heavy (non-hydrogen) atoms. The largest absolute Gasteiger partial charge is 0.573 e. The number of amides is 2. The molecule has 2 amide bonds. The normalized spacial score (nSPS) is 11.2. The summed E-state index contributed by atoms with van der Waals surface area (Å²) >= 11 is 5.95. The molecule has 0 spiro atoms. The molecule has 11 nitrogen and oxygen atoms in total. The number of nitrogens with zero attached hydrogens (tertiary/aromatic N) is 6. The Labute approximate surface area is 237 Å². The number of rotatable bonds is 11. The second-order valence-corrected chi connectivity index (χ2v) is 9.15. The van der Waals surface area contributed by atoms with Crippen LogP contribution in [0, 0.1) is 0 Å². The van der Waals surface area contributed by atoms with Gasteiger partial charge in [0.25, 0.3) is 5.91 Å². The lowest BCUT2D eigenvalue weighted by molar-refractivity contribution is -0.274. The van der Waals surface area contributed by atoms with Gasteiger partial charge in [0.05, 0.1) is 29.0 Å². The number of hydrogen-bond acceptors (Lipinski definition) is 8. The van der Waals surface area contributed by atoms with Gasteiger partial charge in [0, 0.05) is 25.4 Å². The highest BCUT2D eigenvalue weighted by atomic mass is 35.5. The number of anilines is 1. The first-order valence-corrected chi connectivity index (χ1v) is 12.7. The van der Waals surface area contributed by atoms with Crippen LogP contribution in [-0.4, -0.2) is 55.4 Å². The number of benzene rings is 1. The molecule has 0 aliphatic heterocycles. The number of carbonyl (C=O) groups is 2. The number of carbonyl (C=O) groups excluding carboxylic acids is 2. The zero-order chi connectivity index (χ0) is 29.4. The molecule has 4 aromatic rings. The Morgan fingerprint density at radius 2 is 1.88 bits per heavy atom. The Kier molecular flexibility index (Phi) is 9.45. The number of para-hydroxylation sites is 1. The average Bonchev–Trinajstić information content (AvgIpc) is 3.41. The molecule has 0 unspecified atom stereocenters. The molecule has 15 heteroatoms. The van der Waals surface area contributed by atoms with Crippen LogP contribution in [0.3, 0.4) is 0 Å². The van der Waals surface area contributed by atoms with Gasteiger partial charge in [-0.25, -0.2) is 0 Å². The molecule has 2 N–H and O–H groups in total. The van der Waals surface area contributed by atoms with Crippen molar-refractivity contribution in [2.75, 3.05) is 12.4 Å². The number of aryl methyl sites for hydroxylation is 2. The van der Waals surface area contributed by atoms with E-state index < -0.39 is 18.0 Å². The van der Waals surface area contributed by atoms with Crippen LogP contribution in [0.15, 0.2) is 54.9 Å². The molecule has 3 heterocycles. The summed E-state index contributed by atoms with van der Waals surface area (Å²) in [6, 6.07) is 10.6. The third-order valence-corrected chi connectivity index (χ3v) is 6.01. The Balaban J connectivity index is 1.29. The van der Waals surface area contributed by atoms with E-state index in [-0.39, 0.29) is 34.4 Å². The van der Waals surface area contributed by atoms with Crippen molar-refractivity contribution < 1.29 is 27.5 Å². The zero-order valence-electron chi connectivity index (χ0n) is 21.7. The highest BCUT2D eigenvalue weighted by Crippen LogP contribution is 2.39. The predicted octanol–water partition coefficient (Wildman–Crippen LogP) is 4.25. The van der Waals surface area contributed by atoms with E-state index in [1.165, 1.54) is 43.6 Å². The van der Waals surface area contributed by atoms with E-state index in [0.717, 1.165) is 18.5 Å². The second kappa shape index (κ2) is 13.2. The fraction of sp³-hybridized carbons (Fsp3) is 0.269. The SMILES string of the molecule is CNC(=O)c1cn(CCCCc2ccc(NC(=O)Cc3cc(-c4cccc(Cl)c4OC(F)(F)F)ccn3)nn2)nn1. The highest BCUT2D eigenvalue weighted by molar-refractivity contribution is 6.32. The summed E-state index contributed by atoms with van der Waals surface area (Å²) in [5, 5.41) is 20.8. The molecule has 0 fully saturated rings. The number of hydrogen-bond donors (Lipinski definition) is 2. The summed E-state index contributed by atoms with van der Waals surface area (Å²) in [4.78, 5) is 28.3. The van der Waals surface area contributed by atoms with Crippen molar-refractivity contribution in [2.45, 2.75) is 38.6 Å². The van der Waals surface area contributed by atoms with E-state index in [2.05, 4.69) is 40.9 Å². The first-order chi connectivity index (χ1) is 19.6. The van der Waals surface area contributed by atoms with E-state index in [0.29, 0.717) is 24.2 Å². The van der Waals surface area contributed by atoms with Gasteiger partial charge in [-0.3, -0.25) is 19.3 Å². The second-order valence-electron chi connectivity index (χ2n) is 8.74. The van der Waals surface area contributed by atoms with Crippen molar-refractivity contribution in [2.24, 2.45) is 0 Å². The number of unbranched alkanes of at least 4 members (excludes halogenated alkanes) is 1. The van der Waals surface area contributed by atoms with Crippen molar-refractivity contribution in [3.8, 4) is 16.9 Å². The lowest BCUT2D eigenvalue weighted by Gasteiger charge is -2.15. The predicted molar refractivity (Wildman–Crippen MR) is 142 cm³/mol. The summed E-state index contributed by atoms with van der Waals surface area (Å²) in [7, 11) is 1.52. The van der Waals surface area contributed by atoms with Crippen molar-refractivity contribution in [3.05, 3.63) is 77.0 Å². The van der Waals surface area contributed by atoms with Crippen LogP contribution in [0.4, 0.5) is 19.0 Å². The minimum atomic E-state index is -4.93.